The summed E-state index contributed by atoms with van der Waals surface area (Å²) < 4.78 is 13.9. The molecule has 0 saturated heterocycles. The second-order valence-electron chi connectivity index (χ2n) is 2.69. The van der Waals surface area contributed by atoms with Crippen LogP contribution in [-0.4, -0.2) is 4.98 Å². The summed E-state index contributed by atoms with van der Waals surface area (Å²) in [4.78, 5) is 3.91. The Morgan fingerprint density at radius 3 is 2.85 bits per heavy atom. The molecule has 0 atom stereocenters. The van der Waals surface area contributed by atoms with Crippen molar-refractivity contribution in [1.29, 1.82) is 0 Å². The zero-order valence-electron chi connectivity index (χ0n) is 6.59. The van der Waals surface area contributed by atoms with Gasteiger partial charge in [-0.1, -0.05) is 22.0 Å². The van der Waals surface area contributed by atoms with E-state index in [4.69, 9.17) is 5.73 Å². The average molecular weight is 241 g/mol. The van der Waals surface area contributed by atoms with Gasteiger partial charge in [-0.25, -0.2) is 9.37 Å². The van der Waals surface area contributed by atoms with Gasteiger partial charge in [0.15, 0.2) is 11.6 Å². The number of nitrogen functional groups attached to an aromatic ring is 1. The monoisotopic (exact) mass is 240 g/mol. The first-order valence-electron chi connectivity index (χ1n) is 3.68. The molecule has 0 aliphatic carbocycles. The van der Waals surface area contributed by atoms with Gasteiger partial charge in [0.25, 0.3) is 0 Å². The van der Waals surface area contributed by atoms with Gasteiger partial charge in [-0.2, -0.15) is 0 Å². The van der Waals surface area contributed by atoms with Crippen LogP contribution in [0.15, 0.2) is 28.7 Å². The second kappa shape index (κ2) is 2.96. The number of nitrogens with two attached hydrogens (primary N) is 1. The van der Waals surface area contributed by atoms with E-state index in [0.717, 1.165) is 9.86 Å². The van der Waals surface area contributed by atoms with Crippen LogP contribution in [0.1, 0.15) is 0 Å². The van der Waals surface area contributed by atoms with E-state index in [1.54, 1.807) is 12.1 Å². The third-order valence-electron chi connectivity index (χ3n) is 1.76. The van der Waals surface area contributed by atoms with Crippen molar-refractivity contribution in [3.63, 3.8) is 0 Å². The summed E-state index contributed by atoms with van der Waals surface area (Å²) in [5, 5.41) is 0.745. The Balaban J connectivity index is 2.81. The number of rotatable bonds is 0. The molecule has 2 rings (SSSR count). The molecule has 2 nitrogen and oxygen atoms in total. The summed E-state index contributed by atoms with van der Waals surface area (Å²) in [6.07, 6.45) is 0. The number of nitrogens with zero attached hydrogens (tertiary/aromatic N) is 1. The minimum atomic E-state index is -0.477. The number of anilines is 1. The summed E-state index contributed by atoms with van der Waals surface area (Å²) in [5.41, 5.74) is 6.02. The third-order valence-corrected chi connectivity index (χ3v) is 2.25. The Labute approximate surface area is 82.7 Å². The highest BCUT2D eigenvalue weighted by Crippen LogP contribution is 2.20. The predicted octanol–water partition coefficient (Wildman–Crippen LogP) is 2.72. The third kappa shape index (κ3) is 1.49. The molecule has 1 heterocycles. The zero-order chi connectivity index (χ0) is 9.42. The maximum Gasteiger partial charge on any atom is 0.165 e. The largest absolute Gasteiger partial charge is 0.381 e. The van der Waals surface area contributed by atoms with Crippen molar-refractivity contribution < 1.29 is 4.39 Å². The summed E-state index contributed by atoms with van der Waals surface area (Å²) in [7, 11) is 0. The van der Waals surface area contributed by atoms with Crippen molar-refractivity contribution in [3.8, 4) is 0 Å². The van der Waals surface area contributed by atoms with Gasteiger partial charge in [0.2, 0.25) is 0 Å². The van der Waals surface area contributed by atoms with E-state index in [9.17, 15) is 4.39 Å². The number of halogens is 2. The Hall–Kier alpha value is -1.16. The topological polar surface area (TPSA) is 38.9 Å². The molecule has 0 radical (unpaired) electrons. The molecule has 2 aromatic rings. The number of aromatic nitrogens is 1. The number of benzene rings is 1. The van der Waals surface area contributed by atoms with Gasteiger partial charge in [-0.15, -0.1) is 0 Å². The minimum Gasteiger partial charge on any atom is -0.381 e. The maximum atomic E-state index is 12.9. The summed E-state index contributed by atoms with van der Waals surface area (Å²) in [6, 6.07) is 6.80. The van der Waals surface area contributed by atoms with Crippen LogP contribution < -0.4 is 5.73 Å². The van der Waals surface area contributed by atoms with E-state index in [1.807, 2.05) is 6.07 Å². The van der Waals surface area contributed by atoms with E-state index >= 15 is 0 Å². The fourth-order valence-electron chi connectivity index (χ4n) is 1.13. The van der Waals surface area contributed by atoms with Gasteiger partial charge in [0, 0.05) is 9.86 Å². The first-order chi connectivity index (χ1) is 6.16. The highest BCUT2D eigenvalue weighted by molar-refractivity contribution is 9.10. The van der Waals surface area contributed by atoms with E-state index in [-0.39, 0.29) is 5.82 Å². The lowest BCUT2D eigenvalue weighted by atomic mass is 10.2. The van der Waals surface area contributed by atoms with Crippen LogP contribution in [0.3, 0.4) is 0 Å². The molecular formula is C9H6BrFN2. The molecule has 0 bridgehead atoms. The van der Waals surface area contributed by atoms with Crippen LogP contribution in [0.5, 0.6) is 0 Å². The highest BCUT2D eigenvalue weighted by atomic mass is 79.9. The van der Waals surface area contributed by atoms with Gasteiger partial charge >= 0.3 is 0 Å². The molecule has 66 valence electrons. The smallest absolute Gasteiger partial charge is 0.165 e. The minimum absolute atomic E-state index is 0.0643. The SMILES string of the molecule is Nc1nc2cc(Br)ccc2cc1F. The van der Waals surface area contributed by atoms with Gasteiger partial charge in [0.1, 0.15) is 0 Å². The van der Waals surface area contributed by atoms with Crippen LogP contribution in [0.4, 0.5) is 10.2 Å². The summed E-state index contributed by atoms with van der Waals surface area (Å²) in [5.74, 6) is -0.541. The predicted molar refractivity (Wildman–Crippen MR) is 53.8 cm³/mol. The molecule has 0 aliphatic rings. The van der Waals surface area contributed by atoms with Crippen molar-refractivity contribution in [2.24, 2.45) is 0 Å². The number of fused-ring (bicyclic) bond motifs is 1. The van der Waals surface area contributed by atoms with E-state index in [1.165, 1.54) is 6.07 Å². The van der Waals surface area contributed by atoms with Gasteiger partial charge in [0.05, 0.1) is 5.52 Å². The number of hydrogen-bond acceptors (Lipinski definition) is 2. The average Bonchev–Trinajstić information content (AvgIpc) is 2.08. The fourth-order valence-corrected chi connectivity index (χ4v) is 1.48. The normalized spacial score (nSPS) is 10.6. The Bertz CT molecular complexity index is 470. The maximum absolute atomic E-state index is 12.9. The highest BCUT2D eigenvalue weighted by Gasteiger charge is 2.02. The Morgan fingerprint density at radius 1 is 1.31 bits per heavy atom. The van der Waals surface area contributed by atoms with E-state index in [0.29, 0.717) is 5.52 Å². The van der Waals surface area contributed by atoms with Crippen molar-refractivity contribution in [1.82, 2.24) is 4.98 Å². The molecule has 4 heteroatoms. The summed E-state index contributed by atoms with van der Waals surface area (Å²) in [6.45, 7) is 0. The van der Waals surface area contributed by atoms with Crippen LogP contribution in [0.2, 0.25) is 0 Å². The molecule has 0 unspecified atom stereocenters. The Morgan fingerprint density at radius 2 is 2.08 bits per heavy atom. The standard InChI is InChI=1S/C9H6BrFN2/c10-6-2-1-5-3-7(11)9(12)13-8(5)4-6/h1-4H,(H2,12,13). The molecule has 13 heavy (non-hydrogen) atoms. The first-order valence-corrected chi connectivity index (χ1v) is 4.47. The Kier molecular flexibility index (Phi) is 1.92. The van der Waals surface area contributed by atoms with Crippen LogP contribution in [-0.2, 0) is 0 Å². The van der Waals surface area contributed by atoms with Crippen LogP contribution >= 0.6 is 15.9 Å². The number of pyridine rings is 1. The van der Waals surface area contributed by atoms with E-state index in [2.05, 4.69) is 20.9 Å². The molecule has 2 N–H and O–H groups in total. The molecule has 0 fully saturated rings. The lowest BCUT2D eigenvalue weighted by molar-refractivity contribution is 0.630. The molecule has 1 aromatic heterocycles. The lowest BCUT2D eigenvalue weighted by Crippen LogP contribution is -1.94. The van der Waals surface area contributed by atoms with Crippen LogP contribution in [0.25, 0.3) is 10.9 Å². The van der Waals surface area contributed by atoms with E-state index < -0.39 is 5.82 Å². The van der Waals surface area contributed by atoms with Gasteiger partial charge < -0.3 is 5.73 Å². The second-order valence-corrected chi connectivity index (χ2v) is 3.61. The van der Waals surface area contributed by atoms with Crippen LogP contribution in [0, 0.1) is 5.82 Å². The summed E-state index contributed by atoms with van der Waals surface area (Å²) >= 11 is 3.30. The van der Waals surface area contributed by atoms with Crippen molar-refractivity contribution >= 4 is 32.7 Å². The molecule has 0 amide bonds. The molecule has 0 aliphatic heterocycles. The van der Waals surface area contributed by atoms with Crippen molar-refractivity contribution in [2.45, 2.75) is 0 Å². The van der Waals surface area contributed by atoms with Crippen molar-refractivity contribution in [2.75, 3.05) is 5.73 Å². The van der Waals surface area contributed by atoms with Crippen molar-refractivity contribution in [3.05, 3.63) is 34.6 Å². The number of hydrogen-bond donors (Lipinski definition) is 1. The van der Waals surface area contributed by atoms with Gasteiger partial charge in [-0.05, 0) is 18.2 Å². The van der Waals surface area contributed by atoms with Gasteiger partial charge in [-0.3, -0.25) is 0 Å². The molecule has 0 saturated carbocycles. The molecule has 1 aromatic carbocycles. The molecular weight excluding hydrogens is 235 g/mol. The quantitative estimate of drug-likeness (QED) is 0.770. The zero-order valence-corrected chi connectivity index (χ0v) is 8.18. The molecule has 0 spiro atoms. The lowest BCUT2D eigenvalue weighted by Gasteiger charge is -2.00. The fraction of sp³-hybridized carbons (Fsp3) is 0. The first kappa shape index (κ1) is 8.44.